The number of hydrogen-bond acceptors (Lipinski definition) is 5. The van der Waals surface area contributed by atoms with E-state index in [2.05, 4.69) is 5.32 Å². The quantitative estimate of drug-likeness (QED) is 0.759. The SMILES string of the molecule is Cc1cccc(NC(=O)[C@H](C)SC2=Nc3ccccc3C3=N[C@@H](C(C)C)C(=O)N23)c1C. The minimum absolute atomic E-state index is 0.0778. The lowest BCUT2D eigenvalue weighted by atomic mass is 10.1. The van der Waals surface area contributed by atoms with Crippen molar-refractivity contribution in [1.29, 1.82) is 0 Å². The number of benzene rings is 2. The third kappa shape index (κ3) is 3.90. The topological polar surface area (TPSA) is 74.1 Å². The number of thioether (sulfide) groups is 1. The van der Waals surface area contributed by atoms with E-state index < -0.39 is 11.3 Å². The van der Waals surface area contributed by atoms with Crippen LogP contribution >= 0.6 is 11.8 Å². The molecule has 160 valence electrons. The molecule has 2 aliphatic rings. The van der Waals surface area contributed by atoms with Crippen LogP contribution in [0.3, 0.4) is 0 Å². The minimum atomic E-state index is -0.448. The summed E-state index contributed by atoms with van der Waals surface area (Å²) in [5.41, 5.74) is 4.57. The standard InChI is InChI=1S/C24H26N4O2S/c1-13(2)20-23(30)28-21(27-20)17-10-6-7-11-19(17)26-24(28)31-16(5)22(29)25-18-12-8-9-14(3)15(18)4/h6-13,16,20H,1-5H3,(H,25,29)/t16-,20-/m0/s1. The third-order valence-electron chi connectivity index (χ3n) is 5.64. The van der Waals surface area contributed by atoms with Crippen LogP contribution in [0.15, 0.2) is 52.4 Å². The van der Waals surface area contributed by atoms with E-state index in [0.717, 1.165) is 28.1 Å². The van der Waals surface area contributed by atoms with Crippen molar-refractivity contribution < 1.29 is 9.59 Å². The molecule has 2 aromatic carbocycles. The molecule has 6 nitrogen and oxygen atoms in total. The van der Waals surface area contributed by atoms with Crippen molar-refractivity contribution in [3.05, 3.63) is 59.2 Å². The maximum atomic E-state index is 13.1. The molecule has 0 radical (unpaired) electrons. The Bertz CT molecular complexity index is 1120. The fourth-order valence-electron chi connectivity index (χ4n) is 3.62. The predicted molar refractivity (Wildman–Crippen MR) is 127 cm³/mol. The van der Waals surface area contributed by atoms with Crippen molar-refractivity contribution in [2.75, 3.05) is 5.32 Å². The van der Waals surface area contributed by atoms with E-state index in [1.165, 1.54) is 11.8 Å². The Morgan fingerprint density at radius 3 is 2.58 bits per heavy atom. The molecule has 2 aliphatic heterocycles. The van der Waals surface area contributed by atoms with Gasteiger partial charge in [-0.05, 0) is 56.0 Å². The summed E-state index contributed by atoms with van der Waals surface area (Å²) in [6.07, 6.45) is 0. The number of aliphatic imine (C=N–C) groups is 2. The van der Waals surface area contributed by atoms with Crippen molar-refractivity contribution in [2.45, 2.75) is 45.9 Å². The molecule has 0 saturated heterocycles. The summed E-state index contributed by atoms with van der Waals surface area (Å²) in [4.78, 5) is 37.1. The largest absolute Gasteiger partial charge is 0.325 e. The Morgan fingerprint density at radius 2 is 1.84 bits per heavy atom. The molecular weight excluding hydrogens is 408 g/mol. The monoisotopic (exact) mass is 434 g/mol. The van der Waals surface area contributed by atoms with E-state index in [1.807, 2.05) is 77.1 Å². The number of nitrogens with zero attached hydrogens (tertiary/aromatic N) is 3. The summed E-state index contributed by atoms with van der Waals surface area (Å²) in [5.74, 6) is 0.478. The smallest absolute Gasteiger partial charge is 0.259 e. The van der Waals surface area contributed by atoms with Crippen molar-refractivity contribution in [1.82, 2.24) is 4.90 Å². The number of rotatable bonds is 4. The molecule has 2 heterocycles. The predicted octanol–water partition coefficient (Wildman–Crippen LogP) is 4.68. The summed E-state index contributed by atoms with van der Waals surface area (Å²) in [6, 6.07) is 13.1. The molecule has 0 bridgehead atoms. The molecule has 0 aliphatic carbocycles. The fraction of sp³-hybridized carbons (Fsp3) is 0.333. The highest BCUT2D eigenvalue weighted by atomic mass is 32.2. The van der Waals surface area contributed by atoms with Crippen LogP contribution in [0.25, 0.3) is 0 Å². The number of hydrogen-bond donors (Lipinski definition) is 1. The van der Waals surface area contributed by atoms with Crippen LogP contribution in [-0.4, -0.2) is 39.0 Å². The van der Waals surface area contributed by atoms with E-state index in [1.54, 1.807) is 4.90 Å². The van der Waals surface area contributed by atoms with Crippen LogP contribution in [0, 0.1) is 19.8 Å². The zero-order chi connectivity index (χ0) is 22.3. The molecule has 0 aromatic heterocycles. The maximum absolute atomic E-state index is 13.1. The lowest BCUT2D eigenvalue weighted by molar-refractivity contribution is -0.125. The van der Waals surface area contributed by atoms with Crippen LogP contribution in [0.2, 0.25) is 0 Å². The van der Waals surface area contributed by atoms with Gasteiger partial charge in [-0.1, -0.05) is 49.9 Å². The van der Waals surface area contributed by atoms with Gasteiger partial charge < -0.3 is 5.32 Å². The number of fused-ring (bicyclic) bond motifs is 3. The zero-order valence-electron chi connectivity index (χ0n) is 18.3. The first-order valence-corrected chi connectivity index (χ1v) is 11.3. The fourth-order valence-corrected chi connectivity index (χ4v) is 4.53. The summed E-state index contributed by atoms with van der Waals surface area (Å²) in [5, 5.41) is 3.06. The summed E-state index contributed by atoms with van der Waals surface area (Å²) in [6.45, 7) is 9.80. The Hall–Kier alpha value is -2.93. The normalized spacial score (nSPS) is 18.3. The van der Waals surface area contributed by atoms with Crippen LogP contribution < -0.4 is 5.32 Å². The highest BCUT2D eigenvalue weighted by Gasteiger charge is 2.43. The first-order chi connectivity index (χ1) is 14.8. The number of nitrogens with one attached hydrogen (secondary N) is 1. The molecule has 31 heavy (non-hydrogen) atoms. The van der Waals surface area contributed by atoms with E-state index >= 15 is 0 Å². The Morgan fingerprint density at radius 1 is 1.10 bits per heavy atom. The van der Waals surface area contributed by atoms with E-state index in [-0.39, 0.29) is 17.7 Å². The number of amidine groups is 2. The van der Waals surface area contributed by atoms with E-state index in [9.17, 15) is 9.59 Å². The molecule has 2 amide bonds. The third-order valence-corrected chi connectivity index (χ3v) is 6.70. The Balaban J connectivity index is 1.61. The van der Waals surface area contributed by atoms with Gasteiger partial charge in [-0.2, -0.15) is 0 Å². The van der Waals surface area contributed by atoms with Crippen LogP contribution in [-0.2, 0) is 9.59 Å². The lowest BCUT2D eigenvalue weighted by Gasteiger charge is -2.27. The van der Waals surface area contributed by atoms with Crippen molar-refractivity contribution in [3.63, 3.8) is 0 Å². The van der Waals surface area contributed by atoms with Crippen LogP contribution in [0.5, 0.6) is 0 Å². The molecule has 0 unspecified atom stereocenters. The summed E-state index contributed by atoms with van der Waals surface area (Å²) >= 11 is 1.28. The van der Waals surface area contributed by atoms with Crippen LogP contribution in [0.1, 0.15) is 37.5 Å². The highest BCUT2D eigenvalue weighted by molar-refractivity contribution is 8.15. The number of carbonyl (C=O) groups is 2. The van der Waals surface area contributed by atoms with Crippen molar-refractivity contribution >= 4 is 46.0 Å². The van der Waals surface area contributed by atoms with Crippen molar-refractivity contribution in [3.8, 4) is 0 Å². The first kappa shape index (κ1) is 21.3. The number of aryl methyl sites for hydroxylation is 1. The second-order valence-electron chi connectivity index (χ2n) is 8.22. The average Bonchev–Trinajstić information content (AvgIpc) is 3.09. The molecule has 0 fully saturated rings. The summed E-state index contributed by atoms with van der Waals surface area (Å²) in [7, 11) is 0. The van der Waals surface area contributed by atoms with E-state index in [4.69, 9.17) is 9.98 Å². The molecule has 0 spiro atoms. The van der Waals surface area contributed by atoms with Gasteiger partial charge in [0.2, 0.25) is 5.91 Å². The minimum Gasteiger partial charge on any atom is -0.325 e. The van der Waals surface area contributed by atoms with Gasteiger partial charge >= 0.3 is 0 Å². The number of amides is 2. The lowest BCUT2D eigenvalue weighted by Crippen LogP contribution is -2.43. The summed E-state index contributed by atoms with van der Waals surface area (Å²) < 4.78 is 0. The molecule has 4 rings (SSSR count). The molecular formula is C24H26N4O2S. The molecule has 0 saturated carbocycles. The second-order valence-corrected chi connectivity index (χ2v) is 9.53. The van der Waals surface area contributed by atoms with Gasteiger partial charge in [0, 0.05) is 11.3 Å². The molecule has 1 N–H and O–H groups in total. The van der Waals surface area contributed by atoms with Gasteiger partial charge in [0.15, 0.2) is 5.17 Å². The number of carbonyl (C=O) groups excluding carboxylic acids is 2. The van der Waals surface area contributed by atoms with Gasteiger partial charge in [-0.15, -0.1) is 0 Å². The average molecular weight is 435 g/mol. The maximum Gasteiger partial charge on any atom is 0.259 e. The zero-order valence-corrected chi connectivity index (χ0v) is 19.2. The molecule has 2 atom stereocenters. The Kier molecular flexibility index (Phi) is 5.71. The number of anilines is 1. The van der Waals surface area contributed by atoms with Gasteiger partial charge in [0.1, 0.15) is 11.9 Å². The highest BCUT2D eigenvalue weighted by Crippen LogP contribution is 2.36. The first-order valence-electron chi connectivity index (χ1n) is 10.4. The second kappa shape index (κ2) is 8.30. The van der Waals surface area contributed by atoms with Gasteiger partial charge in [-0.3, -0.25) is 14.6 Å². The van der Waals surface area contributed by atoms with Crippen LogP contribution in [0.4, 0.5) is 11.4 Å². The number of para-hydroxylation sites is 1. The van der Waals surface area contributed by atoms with E-state index in [0.29, 0.717) is 11.0 Å². The van der Waals surface area contributed by atoms with Gasteiger partial charge in [-0.25, -0.2) is 9.89 Å². The molecule has 7 heteroatoms. The molecule has 2 aromatic rings. The van der Waals surface area contributed by atoms with Crippen molar-refractivity contribution in [2.24, 2.45) is 15.9 Å². The van der Waals surface area contributed by atoms with Gasteiger partial charge in [0.25, 0.3) is 5.91 Å². The Labute approximate surface area is 186 Å². The van der Waals surface area contributed by atoms with Gasteiger partial charge in [0.05, 0.1) is 10.9 Å².